The summed E-state index contributed by atoms with van der Waals surface area (Å²) < 4.78 is 5.66. The van der Waals surface area contributed by atoms with Crippen LogP contribution in [0.2, 0.25) is 0 Å². The van der Waals surface area contributed by atoms with Crippen molar-refractivity contribution in [2.75, 3.05) is 50.1 Å². The number of aromatic amines is 2. The number of imidazole rings is 1. The van der Waals surface area contributed by atoms with Crippen molar-refractivity contribution in [3.05, 3.63) is 70.6 Å². The van der Waals surface area contributed by atoms with Crippen molar-refractivity contribution in [3.8, 4) is 17.1 Å². The Morgan fingerprint density at radius 2 is 1.97 bits per heavy atom. The van der Waals surface area contributed by atoms with Crippen molar-refractivity contribution in [2.24, 2.45) is 0 Å². The maximum absolute atomic E-state index is 12.9. The number of H-pyrrole nitrogens is 2. The molecule has 1 aliphatic rings. The quantitative estimate of drug-likeness (QED) is 0.266. The standard InChI is InChI=1S/C26H30N6O3/c1-35-22-15-19(32-11-9-27-10-12-32)14-21-24(22)31-25(30-21)23-20(7-8-28-26(23)34)29-18(16-33)13-17-5-3-2-4-6-17/h2-8,14-15,18,27,33H,9-13,16H2,1H3,(H,30,31)(H2,28,29,34)/t18-/m0/s1. The molecule has 2 aromatic heterocycles. The summed E-state index contributed by atoms with van der Waals surface area (Å²) in [6.07, 6.45) is 2.21. The number of rotatable bonds is 8. The van der Waals surface area contributed by atoms with Crippen molar-refractivity contribution in [1.82, 2.24) is 20.3 Å². The van der Waals surface area contributed by atoms with Crippen molar-refractivity contribution in [3.63, 3.8) is 0 Å². The fraction of sp³-hybridized carbons (Fsp3) is 0.308. The Kier molecular flexibility index (Phi) is 6.69. The number of aliphatic hydroxyl groups is 1. The van der Waals surface area contributed by atoms with E-state index >= 15 is 0 Å². The van der Waals surface area contributed by atoms with Crippen LogP contribution in [0.15, 0.2) is 59.5 Å². The van der Waals surface area contributed by atoms with E-state index in [1.165, 1.54) is 0 Å². The molecule has 0 amide bonds. The average molecular weight is 475 g/mol. The second kappa shape index (κ2) is 10.2. The van der Waals surface area contributed by atoms with Crippen LogP contribution in [-0.4, -0.2) is 66.0 Å². The highest BCUT2D eigenvalue weighted by Crippen LogP contribution is 2.33. The zero-order valence-corrected chi connectivity index (χ0v) is 19.7. The zero-order valence-electron chi connectivity index (χ0n) is 19.7. The summed E-state index contributed by atoms with van der Waals surface area (Å²) in [5, 5.41) is 16.7. The van der Waals surface area contributed by atoms with Crippen LogP contribution in [0.25, 0.3) is 22.4 Å². The molecule has 0 bridgehead atoms. The van der Waals surface area contributed by atoms with Crippen LogP contribution in [0, 0.1) is 0 Å². The van der Waals surface area contributed by atoms with Gasteiger partial charge in [0.2, 0.25) is 0 Å². The Bertz CT molecular complexity index is 1340. The third kappa shape index (κ3) is 4.87. The third-order valence-electron chi connectivity index (χ3n) is 6.34. The van der Waals surface area contributed by atoms with Crippen LogP contribution in [0.4, 0.5) is 11.4 Å². The summed E-state index contributed by atoms with van der Waals surface area (Å²) in [6.45, 7) is 3.59. The van der Waals surface area contributed by atoms with Gasteiger partial charge in [-0.1, -0.05) is 30.3 Å². The lowest BCUT2D eigenvalue weighted by Gasteiger charge is -2.29. The largest absolute Gasteiger partial charge is 0.494 e. The fourth-order valence-corrected chi connectivity index (χ4v) is 4.56. The molecule has 3 heterocycles. The minimum absolute atomic E-state index is 0.0802. The van der Waals surface area contributed by atoms with Gasteiger partial charge >= 0.3 is 0 Å². The number of ether oxygens (including phenoxy) is 1. The molecule has 35 heavy (non-hydrogen) atoms. The number of hydrogen-bond donors (Lipinski definition) is 5. The number of methoxy groups -OCH3 is 1. The molecule has 1 fully saturated rings. The summed E-state index contributed by atoms with van der Waals surface area (Å²) in [4.78, 5) is 26.1. The first-order chi connectivity index (χ1) is 17.2. The number of aromatic nitrogens is 3. The average Bonchev–Trinajstić information content (AvgIpc) is 3.32. The Morgan fingerprint density at radius 1 is 1.17 bits per heavy atom. The molecule has 0 saturated carbocycles. The molecule has 9 nitrogen and oxygen atoms in total. The molecule has 182 valence electrons. The highest BCUT2D eigenvalue weighted by atomic mass is 16.5. The van der Waals surface area contributed by atoms with Gasteiger partial charge in [0.05, 0.1) is 31.0 Å². The topological polar surface area (TPSA) is 118 Å². The van der Waals surface area contributed by atoms with E-state index in [0.29, 0.717) is 34.8 Å². The molecular formula is C26H30N6O3. The maximum atomic E-state index is 12.9. The Hall–Kier alpha value is -3.82. The van der Waals surface area contributed by atoms with Gasteiger partial charge in [0.15, 0.2) is 0 Å². The zero-order chi connectivity index (χ0) is 24.2. The van der Waals surface area contributed by atoms with Crippen molar-refractivity contribution < 1.29 is 9.84 Å². The molecule has 1 aliphatic heterocycles. The van der Waals surface area contributed by atoms with Gasteiger partial charge in [-0.15, -0.1) is 0 Å². The normalized spacial score (nSPS) is 14.7. The predicted molar refractivity (Wildman–Crippen MR) is 138 cm³/mol. The van der Waals surface area contributed by atoms with Gasteiger partial charge in [0, 0.05) is 44.1 Å². The first-order valence-electron chi connectivity index (χ1n) is 11.8. The van der Waals surface area contributed by atoms with E-state index in [2.05, 4.69) is 31.6 Å². The van der Waals surface area contributed by atoms with Crippen molar-refractivity contribution in [1.29, 1.82) is 0 Å². The van der Waals surface area contributed by atoms with E-state index in [1.807, 2.05) is 36.4 Å². The molecule has 4 aromatic rings. The van der Waals surface area contributed by atoms with E-state index in [1.54, 1.807) is 19.4 Å². The Labute approximate surface area is 203 Å². The van der Waals surface area contributed by atoms with Gasteiger partial charge in [0.25, 0.3) is 5.56 Å². The molecule has 0 spiro atoms. The number of piperazine rings is 1. The lowest BCUT2D eigenvalue weighted by Crippen LogP contribution is -2.43. The van der Waals surface area contributed by atoms with Gasteiger partial charge in [-0.2, -0.15) is 0 Å². The summed E-state index contributed by atoms with van der Waals surface area (Å²) in [6, 6.07) is 15.5. The fourth-order valence-electron chi connectivity index (χ4n) is 4.56. The third-order valence-corrected chi connectivity index (χ3v) is 6.34. The van der Waals surface area contributed by atoms with Crippen LogP contribution in [0.3, 0.4) is 0 Å². The van der Waals surface area contributed by atoms with Crippen molar-refractivity contribution in [2.45, 2.75) is 12.5 Å². The van der Waals surface area contributed by atoms with Gasteiger partial charge in [-0.05, 0) is 24.1 Å². The van der Waals surface area contributed by atoms with E-state index < -0.39 is 0 Å². The Morgan fingerprint density at radius 3 is 2.71 bits per heavy atom. The molecule has 0 aliphatic carbocycles. The van der Waals surface area contributed by atoms with E-state index in [9.17, 15) is 9.90 Å². The number of nitrogens with one attached hydrogen (secondary N) is 4. The molecule has 9 heteroatoms. The highest BCUT2D eigenvalue weighted by Gasteiger charge is 2.20. The maximum Gasteiger partial charge on any atom is 0.261 e. The molecule has 0 radical (unpaired) electrons. The van der Waals surface area contributed by atoms with Gasteiger partial charge in [-0.3, -0.25) is 4.79 Å². The molecular weight excluding hydrogens is 444 g/mol. The number of nitrogens with zero attached hydrogens (tertiary/aromatic N) is 2. The highest BCUT2D eigenvalue weighted by molar-refractivity contribution is 5.90. The summed E-state index contributed by atoms with van der Waals surface area (Å²) in [5.74, 6) is 1.09. The number of hydrogen-bond acceptors (Lipinski definition) is 7. The van der Waals surface area contributed by atoms with Crippen LogP contribution in [0.5, 0.6) is 5.75 Å². The van der Waals surface area contributed by atoms with Crippen LogP contribution < -0.4 is 25.8 Å². The monoisotopic (exact) mass is 474 g/mol. The molecule has 0 unspecified atom stereocenters. The molecule has 2 aromatic carbocycles. The summed E-state index contributed by atoms with van der Waals surface area (Å²) >= 11 is 0. The van der Waals surface area contributed by atoms with Crippen LogP contribution in [0.1, 0.15) is 5.56 Å². The smallest absolute Gasteiger partial charge is 0.261 e. The SMILES string of the molecule is COc1cc(N2CCNCC2)cc2[nH]c(-c3c(N[C@H](CO)Cc4ccccc4)cc[nH]c3=O)nc12. The number of anilines is 2. The van der Waals surface area contributed by atoms with E-state index in [0.717, 1.165) is 42.9 Å². The molecule has 5 rings (SSSR count). The van der Waals surface area contributed by atoms with Crippen LogP contribution >= 0.6 is 0 Å². The molecule has 5 N–H and O–H groups in total. The van der Waals surface area contributed by atoms with E-state index in [4.69, 9.17) is 9.72 Å². The van der Waals surface area contributed by atoms with Gasteiger partial charge < -0.3 is 35.3 Å². The first kappa shape index (κ1) is 22.9. The molecule has 1 saturated heterocycles. The number of pyridine rings is 1. The second-order valence-electron chi connectivity index (χ2n) is 8.68. The van der Waals surface area contributed by atoms with Crippen molar-refractivity contribution >= 4 is 22.4 Å². The van der Waals surface area contributed by atoms with E-state index in [-0.39, 0.29) is 18.2 Å². The number of aliphatic hydroxyl groups excluding tert-OH is 1. The number of fused-ring (bicyclic) bond motifs is 1. The summed E-state index contributed by atoms with van der Waals surface area (Å²) in [5.41, 5.74) is 4.33. The Balaban J connectivity index is 1.51. The second-order valence-corrected chi connectivity index (χ2v) is 8.68. The van der Waals surface area contributed by atoms with Crippen LogP contribution in [-0.2, 0) is 6.42 Å². The van der Waals surface area contributed by atoms with Gasteiger partial charge in [0.1, 0.15) is 22.7 Å². The lowest BCUT2D eigenvalue weighted by atomic mass is 10.1. The summed E-state index contributed by atoms with van der Waals surface area (Å²) in [7, 11) is 1.63. The lowest BCUT2D eigenvalue weighted by molar-refractivity contribution is 0.274. The minimum atomic E-state index is -0.272. The first-order valence-corrected chi connectivity index (χ1v) is 11.8. The number of benzene rings is 2. The predicted octanol–water partition coefficient (Wildman–Crippen LogP) is 2.35. The van der Waals surface area contributed by atoms with Gasteiger partial charge in [-0.25, -0.2) is 4.98 Å². The minimum Gasteiger partial charge on any atom is -0.494 e. The molecule has 1 atom stereocenters.